The summed E-state index contributed by atoms with van der Waals surface area (Å²) in [5, 5.41) is 27.6. The number of rotatable bonds is 6. The van der Waals surface area contributed by atoms with E-state index in [0.29, 0.717) is 17.9 Å². The molecular formula is C16H16O5. The first-order valence-electron chi connectivity index (χ1n) is 6.43. The SMILES string of the molecule is O=C(O)C(O)C(O)c1ccc(OCc2ccccc2)cc1. The maximum absolute atomic E-state index is 10.6. The summed E-state index contributed by atoms with van der Waals surface area (Å²) < 4.78 is 5.57. The van der Waals surface area contributed by atoms with E-state index in [1.54, 1.807) is 12.1 Å². The van der Waals surface area contributed by atoms with E-state index in [1.165, 1.54) is 12.1 Å². The van der Waals surface area contributed by atoms with Crippen molar-refractivity contribution < 1.29 is 24.9 Å². The predicted molar refractivity (Wildman–Crippen MR) is 75.8 cm³/mol. The molecule has 0 aliphatic heterocycles. The van der Waals surface area contributed by atoms with E-state index in [4.69, 9.17) is 9.84 Å². The Balaban J connectivity index is 1.97. The summed E-state index contributed by atoms with van der Waals surface area (Å²) in [7, 11) is 0. The number of aliphatic hydroxyl groups is 2. The zero-order chi connectivity index (χ0) is 15.2. The smallest absolute Gasteiger partial charge is 0.335 e. The normalized spacial score (nSPS) is 13.4. The van der Waals surface area contributed by atoms with Crippen LogP contribution in [0.25, 0.3) is 0 Å². The number of carboxylic acid groups (broad SMARTS) is 1. The molecule has 2 atom stereocenters. The van der Waals surface area contributed by atoms with Crippen molar-refractivity contribution in [3.63, 3.8) is 0 Å². The molecule has 5 heteroatoms. The van der Waals surface area contributed by atoms with Gasteiger partial charge in [-0.1, -0.05) is 42.5 Å². The molecule has 2 aromatic rings. The summed E-state index contributed by atoms with van der Waals surface area (Å²) in [4.78, 5) is 10.6. The number of aliphatic hydroxyl groups excluding tert-OH is 2. The highest BCUT2D eigenvalue weighted by atomic mass is 16.5. The van der Waals surface area contributed by atoms with Crippen LogP contribution in [0.1, 0.15) is 17.2 Å². The average molecular weight is 288 g/mol. The summed E-state index contributed by atoms with van der Waals surface area (Å²) in [5.41, 5.74) is 1.35. The minimum absolute atomic E-state index is 0.317. The lowest BCUT2D eigenvalue weighted by atomic mass is 10.0. The molecule has 0 saturated heterocycles. The van der Waals surface area contributed by atoms with Gasteiger partial charge in [-0.15, -0.1) is 0 Å². The second-order valence-corrected chi connectivity index (χ2v) is 4.57. The molecule has 0 bridgehead atoms. The van der Waals surface area contributed by atoms with Gasteiger partial charge in [0.1, 0.15) is 18.5 Å². The predicted octanol–water partition coefficient (Wildman–Crippen LogP) is 1.74. The highest BCUT2D eigenvalue weighted by molar-refractivity contribution is 5.73. The molecular weight excluding hydrogens is 272 g/mol. The number of benzene rings is 2. The van der Waals surface area contributed by atoms with Gasteiger partial charge in [-0.05, 0) is 23.3 Å². The molecule has 5 nitrogen and oxygen atoms in total. The maximum Gasteiger partial charge on any atom is 0.335 e. The second-order valence-electron chi connectivity index (χ2n) is 4.57. The van der Waals surface area contributed by atoms with Crippen LogP contribution in [0.3, 0.4) is 0 Å². The summed E-state index contributed by atoms with van der Waals surface area (Å²) in [6.07, 6.45) is -3.31. The summed E-state index contributed by atoms with van der Waals surface area (Å²) >= 11 is 0. The van der Waals surface area contributed by atoms with Crippen LogP contribution in [-0.2, 0) is 11.4 Å². The molecule has 0 heterocycles. The molecule has 0 saturated carbocycles. The highest BCUT2D eigenvalue weighted by Crippen LogP contribution is 2.21. The fraction of sp³-hybridized carbons (Fsp3) is 0.188. The Labute approximate surface area is 122 Å². The molecule has 0 amide bonds. The fourth-order valence-corrected chi connectivity index (χ4v) is 1.82. The first kappa shape index (κ1) is 15.0. The van der Waals surface area contributed by atoms with Crippen LogP contribution >= 0.6 is 0 Å². The van der Waals surface area contributed by atoms with Crippen LogP contribution < -0.4 is 4.74 Å². The van der Waals surface area contributed by atoms with Gasteiger partial charge in [0, 0.05) is 0 Å². The third kappa shape index (κ3) is 4.05. The van der Waals surface area contributed by atoms with Gasteiger partial charge in [0.15, 0.2) is 6.10 Å². The number of carboxylic acids is 1. The van der Waals surface area contributed by atoms with Gasteiger partial charge in [0.25, 0.3) is 0 Å². The standard InChI is InChI=1S/C16H16O5/c17-14(15(18)16(19)20)12-6-8-13(9-7-12)21-10-11-4-2-1-3-5-11/h1-9,14-15,17-18H,10H2,(H,19,20). The van der Waals surface area contributed by atoms with Gasteiger partial charge in [-0.2, -0.15) is 0 Å². The van der Waals surface area contributed by atoms with Crippen molar-refractivity contribution in [2.45, 2.75) is 18.8 Å². The quantitative estimate of drug-likeness (QED) is 0.753. The van der Waals surface area contributed by atoms with E-state index in [0.717, 1.165) is 5.56 Å². The van der Waals surface area contributed by atoms with Crippen molar-refractivity contribution in [2.24, 2.45) is 0 Å². The van der Waals surface area contributed by atoms with Gasteiger partial charge in [-0.25, -0.2) is 4.79 Å². The lowest BCUT2D eigenvalue weighted by Crippen LogP contribution is -2.27. The van der Waals surface area contributed by atoms with Gasteiger partial charge in [-0.3, -0.25) is 0 Å². The molecule has 3 N–H and O–H groups in total. The molecule has 110 valence electrons. The monoisotopic (exact) mass is 288 g/mol. The molecule has 0 aliphatic carbocycles. The topological polar surface area (TPSA) is 87.0 Å². The van der Waals surface area contributed by atoms with Crippen molar-refractivity contribution in [1.82, 2.24) is 0 Å². The zero-order valence-electron chi connectivity index (χ0n) is 11.2. The molecule has 0 aromatic heterocycles. The van der Waals surface area contributed by atoms with E-state index in [-0.39, 0.29) is 0 Å². The molecule has 0 radical (unpaired) electrons. The van der Waals surface area contributed by atoms with Crippen molar-refractivity contribution in [3.8, 4) is 5.75 Å². The summed E-state index contributed by atoms with van der Waals surface area (Å²) in [5.74, 6) is -0.869. The number of carbonyl (C=O) groups is 1. The highest BCUT2D eigenvalue weighted by Gasteiger charge is 2.24. The van der Waals surface area contributed by atoms with Gasteiger partial charge < -0.3 is 20.1 Å². The van der Waals surface area contributed by atoms with Crippen LogP contribution in [0.5, 0.6) is 5.75 Å². The Bertz CT molecular complexity index is 579. The molecule has 0 spiro atoms. The Morgan fingerprint density at radius 1 is 1.00 bits per heavy atom. The molecule has 2 unspecified atom stereocenters. The van der Waals surface area contributed by atoms with Crippen molar-refractivity contribution in [3.05, 3.63) is 65.7 Å². The third-order valence-electron chi connectivity index (χ3n) is 3.02. The summed E-state index contributed by atoms with van der Waals surface area (Å²) in [6, 6.07) is 16.0. The van der Waals surface area contributed by atoms with Crippen LogP contribution in [0.4, 0.5) is 0 Å². The van der Waals surface area contributed by atoms with Gasteiger partial charge in [0.05, 0.1) is 0 Å². The van der Waals surface area contributed by atoms with E-state index >= 15 is 0 Å². The first-order valence-corrected chi connectivity index (χ1v) is 6.43. The Morgan fingerprint density at radius 3 is 2.19 bits per heavy atom. The largest absolute Gasteiger partial charge is 0.489 e. The van der Waals surface area contributed by atoms with Crippen molar-refractivity contribution in [1.29, 1.82) is 0 Å². The van der Waals surface area contributed by atoms with Gasteiger partial charge >= 0.3 is 5.97 Å². The minimum Gasteiger partial charge on any atom is -0.489 e. The Kier molecular flexibility index (Phi) is 4.92. The fourth-order valence-electron chi connectivity index (χ4n) is 1.82. The van der Waals surface area contributed by atoms with Crippen molar-refractivity contribution in [2.75, 3.05) is 0 Å². The molecule has 0 aliphatic rings. The van der Waals surface area contributed by atoms with E-state index < -0.39 is 18.2 Å². The first-order chi connectivity index (χ1) is 10.1. The van der Waals surface area contributed by atoms with Crippen LogP contribution in [-0.4, -0.2) is 27.4 Å². The lowest BCUT2D eigenvalue weighted by molar-refractivity contribution is -0.153. The second kappa shape index (κ2) is 6.88. The van der Waals surface area contributed by atoms with Crippen molar-refractivity contribution >= 4 is 5.97 Å². The van der Waals surface area contributed by atoms with Gasteiger partial charge in [0.2, 0.25) is 0 Å². The van der Waals surface area contributed by atoms with Crippen LogP contribution in [0.2, 0.25) is 0 Å². The average Bonchev–Trinajstić information content (AvgIpc) is 2.53. The Morgan fingerprint density at radius 2 is 1.62 bits per heavy atom. The summed E-state index contributed by atoms with van der Waals surface area (Å²) in [6.45, 7) is 0.417. The number of hydrogen-bond donors (Lipinski definition) is 3. The van der Waals surface area contributed by atoms with E-state index in [2.05, 4.69) is 0 Å². The van der Waals surface area contributed by atoms with Crippen LogP contribution in [0, 0.1) is 0 Å². The lowest BCUT2D eigenvalue weighted by Gasteiger charge is -2.14. The molecule has 0 fully saturated rings. The van der Waals surface area contributed by atoms with Crippen LogP contribution in [0.15, 0.2) is 54.6 Å². The number of aliphatic carboxylic acids is 1. The molecule has 2 rings (SSSR count). The zero-order valence-corrected chi connectivity index (χ0v) is 11.2. The maximum atomic E-state index is 10.6. The minimum atomic E-state index is -1.85. The third-order valence-corrected chi connectivity index (χ3v) is 3.02. The molecule has 21 heavy (non-hydrogen) atoms. The number of hydrogen-bond acceptors (Lipinski definition) is 4. The number of ether oxygens (including phenoxy) is 1. The van der Waals surface area contributed by atoms with E-state index in [1.807, 2.05) is 30.3 Å². The Hall–Kier alpha value is -2.37. The van der Waals surface area contributed by atoms with E-state index in [9.17, 15) is 15.0 Å². The molecule has 2 aromatic carbocycles.